The number of hydrogen-bond acceptors (Lipinski definition) is 4. The number of benzene rings is 2. The van der Waals surface area contributed by atoms with Crippen LogP contribution in [0.25, 0.3) is 11.3 Å². The second-order valence-electron chi connectivity index (χ2n) is 6.00. The first-order valence-electron chi connectivity index (χ1n) is 8.10. The molecule has 2 aromatic carbocycles. The van der Waals surface area contributed by atoms with Gasteiger partial charge in [-0.05, 0) is 31.0 Å². The Bertz CT molecular complexity index is 897. The zero-order valence-corrected chi connectivity index (χ0v) is 14.1. The summed E-state index contributed by atoms with van der Waals surface area (Å²) in [6, 6.07) is 16.8. The van der Waals surface area contributed by atoms with Crippen molar-refractivity contribution in [1.82, 2.24) is 9.97 Å². The predicted octanol–water partition coefficient (Wildman–Crippen LogP) is 5.25. The summed E-state index contributed by atoms with van der Waals surface area (Å²) in [4.78, 5) is 9.10. The second-order valence-corrected chi connectivity index (χ2v) is 6.41. The molecule has 1 aromatic heterocycles. The van der Waals surface area contributed by atoms with Crippen LogP contribution in [0.2, 0.25) is 5.02 Å². The van der Waals surface area contributed by atoms with Gasteiger partial charge in [-0.1, -0.05) is 41.9 Å². The topological polar surface area (TPSA) is 49.8 Å². The lowest BCUT2D eigenvalue weighted by molar-refractivity contribution is 0.628. The lowest BCUT2D eigenvalue weighted by atomic mass is 10.1. The Balaban J connectivity index is 1.68. The van der Waals surface area contributed by atoms with E-state index in [1.807, 2.05) is 36.4 Å². The number of aromatic nitrogens is 2. The molecule has 0 atom stereocenters. The minimum Gasteiger partial charge on any atom is -0.367 e. The zero-order chi connectivity index (χ0) is 17.2. The summed E-state index contributed by atoms with van der Waals surface area (Å²) in [7, 11) is 0. The Labute approximate surface area is 150 Å². The maximum absolute atomic E-state index is 13.3. The van der Waals surface area contributed by atoms with E-state index >= 15 is 0 Å². The Kier molecular flexibility index (Phi) is 4.24. The van der Waals surface area contributed by atoms with Crippen LogP contribution in [0.4, 0.5) is 21.8 Å². The third-order valence-corrected chi connectivity index (χ3v) is 4.19. The molecule has 0 radical (unpaired) electrons. The van der Waals surface area contributed by atoms with Gasteiger partial charge in [0.05, 0.1) is 10.7 Å². The quantitative estimate of drug-likeness (QED) is 0.656. The molecule has 0 spiro atoms. The van der Waals surface area contributed by atoms with E-state index in [4.69, 9.17) is 11.6 Å². The molecule has 1 fully saturated rings. The van der Waals surface area contributed by atoms with Crippen molar-refractivity contribution in [2.75, 3.05) is 10.6 Å². The van der Waals surface area contributed by atoms with Gasteiger partial charge in [-0.25, -0.2) is 9.37 Å². The molecule has 126 valence electrons. The molecule has 0 unspecified atom stereocenters. The fourth-order valence-electron chi connectivity index (χ4n) is 2.47. The highest BCUT2D eigenvalue weighted by atomic mass is 35.5. The SMILES string of the molecule is Fc1ccc(Nc2nc(NC3CC3)cc(-c3ccccc3)n2)cc1Cl. The van der Waals surface area contributed by atoms with Crippen LogP contribution in [0.15, 0.2) is 54.6 Å². The maximum Gasteiger partial charge on any atom is 0.229 e. The number of nitrogens with one attached hydrogen (secondary N) is 2. The molecule has 6 heteroatoms. The van der Waals surface area contributed by atoms with E-state index < -0.39 is 5.82 Å². The van der Waals surface area contributed by atoms with Gasteiger partial charge in [0, 0.05) is 23.4 Å². The molecule has 4 nitrogen and oxygen atoms in total. The van der Waals surface area contributed by atoms with Crippen molar-refractivity contribution in [2.24, 2.45) is 0 Å². The summed E-state index contributed by atoms with van der Waals surface area (Å²) in [6.07, 6.45) is 2.31. The highest BCUT2D eigenvalue weighted by molar-refractivity contribution is 6.31. The van der Waals surface area contributed by atoms with Gasteiger partial charge >= 0.3 is 0 Å². The van der Waals surface area contributed by atoms with Gasteiger partial charge in [-0.3, -0.25) is 0 Å². The summed E-state index contributed by atoms with van der Waals surface area (Å²) < 4.78 is 13.3. The van der Waals surface area contributed by atoms with Crippen molar-refractivity contribution in [3.05, 3.63) is 65.4 Å². The fraction of sp³-hybridized carbons (Fsp3) is 0.158. The number of anilines is 3. The van der Waals surface area contributed by atoms with Crippen LogP contribution < -0.4 is 10.6 Å². The molecule has 1 aliphatic rings. The van der Waals surface area contributed by atoms with Crippen LogP contribution in [0.5, 0.6) is 0 Å². The van der Waals surface area contributed by atoms with Gasteiger partial charge in [0.1, 0.15) is 11.6 Å². The Morgan fingerprint density at radius 3 is 2.52 bits per heavy atom. The first kappa shape index (κ1) is 15.8. The molecular weight excluding hydrogens is 339 g/mol. The van der Waals surface area contributed by atoms with E-state index in [0.717, 1.165) is 29.9 Å². The molecule has 0 aliphatic heterocycles. The summed E-state index contributed by atoms with van der Waals surface area (Å²) in [5, 5.41) is 6.55. The molecule has 1 saturated carbocycles. The van der Waals surface area contributed by atoms with E-state index in [-0.39, 0.29) is 5.02 Å². The average molecular weight is 355 g/mol. The lowest BCUT2D eigenvalue weighted by Gasteiger charge is -2.11. The molecular formula is C19H16ClFN4. The van der Waals surface area contributed by atoms with Crippen LogP contribution in [-0.4, -0.2) is 16.0 Å². The molecule has 0 amide bonds. The molecule has 3 aromatic rings. The molecule has 4 rings (SSSR count). The predicted molar refractivity (Wildman–Crippen MR) is 98.8 cm³/mol. The van der Waals surface area contributed by atoms with Gasteiger partial charge < -0.3 is 10.6 Å². The summed E-state index contributed by atoms with van der Waals surface area (Å²) >= 11 is 5.85. The standard InChI is InChI=1S/C19H16ClFN4/c20-15-10-14(8-9-16(15)21)23-19-24-17(12-4-2-1-3-5-12)11-18(25-19)22-13-6-7-13/h1-5,8-11,13H,6-7H2,(H2,22,23,24,25). The number of rotatable bonds is 5. The van der Waals surface area contributed by atoms with E-state index in [1.165, 1.54) is 12.1 Å². The van der Waals surface area contributed by atoms with Gasteiger partial charge in [-0.2, -0.15) is 4.98 Å². The van der Waals surface area contributed by atoms with E-state index in [0.29, 0.717) is 17.7 Å². The zero-order valence-electron chi connectivity index (χ0n) is 13.3. The molecule has 1 heterocycles. The number of hydrogen-bond donors (Lipinski definition) is 2. The average Bonchev–Trinajstić information content (AvgIpc) is 3.43. The monoisotopic (exact) mass is 354 g/mol. The fourth-order valence-corrected chi connectivity index (χ4v) is 2.65. The Hall–Kier alpha value is -2.66. The third kappa shape index (κ3) is 3.88. The highest BCUT2D eigenvalue weighted by Gasteiger charge is 2.22. The van der Waals surface area contributed by atoms with Crippen molar-refractivity contribution in [1.29, 1.82) is 0 Å². The summed E-state index contributed by atoms with van der Waals surface area (Å²) in [6.45, 7) is 0. The van der Waals surface area contributed by atoms with Gasteiger partial charge in [0.2, 0.25) is 5.95 Å². The van der Waals surface area contributed by atoms with Gasteiger partial charge in [-0.15, -0.1) is 0 Å². The van der Waals surface area contributed by atoms with E-state index in [1.54, 1.807) is 6.07 Å². The van der Waals surface area contributed by atoms with Crippen LogP contribution in [0.3, 0.4) is 0 Å². The van der Waals surface area contributed by atoms with Crippen molar-refractivity contribution in [2.45, 2.75) is 18.9 Å². The third-order valence-electron chi connectivity index (χ3n) is 3.90. The van der Waals surface area contributed by atoms with Gasteiger partial charge in [0.15, 0.2) is 0 Å². The van der Waals surface area contributed by atoms with Crippen molar-refractivity contribution >= 4 is 29.1 Å². The summed E-state index contributed by atoms with van der Waals surface area (Å²) in [5.74, 6) is 0.751. The van der Waals surface area contributed by atoms with Crippen molar-refractivity contribution in [3.63, 3.8) is 0 Å². The molecule has 0 bridgehead atoms. The molecule has 1 aliphatic carbocycles. The Morgan fingerprint density at radius 2 is 1.80 bits per heavy atom. The van der Waals surface area contributed by atoms with Gasteiger partial charge in [0.25, 0.3) is 0 Å². The lowest BCUT2D eigenvalue weighted by Crippen LogP contribution is -2.07. The van der Waals surface area contributed by atoms with Crippen molar-refractivity contribution < 1.29 is 4.39 Å². The van der Waals surface area contributed by atoms with Crippen LogP contribution >= 0.6 is 11.6 Å². The normalized spacial score (nSPS) is 13.5. The minimum atomic E-state index is -0.456. The second kappa shape index (κ2) is 6.69. The van der Waals surface area contributed by atoms with Crippen LogP contribution in [0, 0.1) is 5.82 Å². The largest absolute Gasteiger partial charge is 0.367 e. The highest BCUT2D eigenvalue weighted by Crippen LogP contribution is 2.28. The minimum absolute atomic E-state index is 0.0561. The Morgan fingerprint density at radius 1 is 1.00 bits per heavy atom. The summed E-state index contributed by atoms with van der Waals surface area (Å²) in [5.41, 5.74) is 2.45. The molecule has 25 heavy (non-hydrogen) atoms. The van der Waals surface area contributed by atoms with Crippen LogP contribution in [0.1, 0.15) is 12.8 Å². The molecule has 2 N–H and O–H groups in total. The van der Waals surface area contributed by atoms with Crippen LogP contribution in [-0.2, 0) is 0 Å². The molecule has 0 saturated heterocycles. The maximum atomic E-state index is 13.3. The first-order valence-corrected chi connectivity index (χ1v) is 8.48. The smallest absolute Gasteiger partial charge is 0.229 e. The first-order chi connectivity index (χ1) is 12.2. The van der Waals surface area contributed by atoms with E-state index in [2.05, 4.69) is 20.6 Å². The van der Waals surface area contributed by atoms with Crippen molar-refractivity contribution in [3.8, 4) is 11.3 Å². The number of nitrogens with zero attached hydrogens (tertiary/aromatic N) is 2. The van der Waals surface area contributed by atoms with E-state index in [9.17, 15) is 4.39 Å². The number of halogens is 2.